The summed E-state index contributed by atoms with van der Waals surface area (Å²) < 4.78 is 0. The van der Waals surface area contributed by atoms with Gasteiger partial charge in [0.05, 0.1) is 6.20 Å². The fourth-order valence-electron chi connectivity index (χ4n) is 1.89. The van der Waals surface area contributed by atoms with Crippen LogP contribution >= 0.6 is 0 Å². The summed E-state index contributed by atoms with van der Waals surface area (Å²) in [7, 11) is 0. The van der Waals surface area contributed by atoms with Gasteiger partial charge in [-0.3, -0.25) is 9.78 Å². The van der Waals surface area contributed by atoms with E-state index in [1.54, 1.807) is 12.4 Å². The summed E-state index contributed by atoms with van der Waals surface area (Å²) in [4.78, 5) is 18.1. The average Bonchev–Trinajstić information content (AvgIpc) is 3.10. The molecule has 0 radical (unpaired) electrons. The minimum atomic E-state index is -0.0666. The van der Waals surface area contributed by atoms with E-state index in [1.807, 2.05) is 17.0 Å². The van der Waals surface area contributed by atoms with Crippen molar-refractivity contribution in [3.63, 3.8) is 0 Å². The lowest BCUT2D eigenvalue weighted by Gasteiger charge is -2.21. The molecular formula is C12H13N5O. The molecule has 0 aliphatic heterocycles. The Kier molecular flexibility index (Phi) is 2.76. The second-order valence-corrected chi connectivity index (χ2v) is 4.37. The molecule has 1 aliphatic rings. The lowest BCUT2D eigenvalue weighted by molar-refractivity contribution is 0.0724. The lowest BCUT2D eigenvalue weighted by atomic mass is 10.2. The van der Waals surface area contributed by atoms with Crippen LogP contribution in [0.25, 0.3) is 0 Å². The van der Waals surface area contributed by atoms with Gasteiger partial charge in [-0.1, -0.05) is 0 Å². The summed E-state index contributed by atoms with van der Waals surface area (Å²) in [6.07, 6.45) is 7.07. The van der Waals surface area contributed by atoms with Crippen molar-refractivity contribution in [1.82, 2.24) is 25.3 Å². The number of carbonyl (C=O) groups excluding carboxylic acids is 1. The minimum absolute atomic E-state index is 0.0666. The summed E-state index contributed by atoms with van der Waals surface area (Å²) in [6, 6.07) is 4.18. The number of hydrogen-bond acceptors (Lipinski definition) is 4. The van der Waals surface area contributed by atoms with Crippen LogP contribution < -0.4 is 0 Å². The molecule has 0 bridgehead atoms. The molecule has 0 spiro atoms. The van der Waals surface area contributed by atoms with Gasteiger partial charge in [0.25, 0.3) is 5.91 Å². The van der Waals surface area contributed by atoms with E-state index in [2.05, 4.69) is 20.4 Å². The van der Waals surface area contributed by atoms with Crippen molar-refractivity contribution in [2.75, 3.05) is 0 Å². The maximum absolute atomic E-state index is 12.3. The first-order valence-corrected chi connectivity index (χ1v) is 5.90. The number of hydrogen-bond donors (Lipinski definition) is 1. The number of nitrogens with one attached hydrogen (secondary N) is 1. The highest BCUT2D eigenvalue weighted by Gasteiger charge is 2.33. The Morgan fingerprint density at radius 1 is 1.39 bits per heavy atom. The maximum Gasteiger partial charge on any atom is 0.276 e. The van der Waals surface area contributed by atoms with Crippen LogP contribution in [0.1, 0.15) is 28.9 Å². The number of rotatable bonds is 4. The Hall–Kier alpha value is -2.24. The summed E-state index contributed by atoms with van der Waals surface area (Å²) >= 11 is 0. The molecule has 6 heteroatoms. The quantitative estimate of drug-likeness (QED) is 0.869. The molecule has 92 valence electrons. The van der Waals surface area contributed by atoms with E-state index >= 15 is 0 Å². The molecule has 1 fully saturated rings. The molecule has 1 amide bonds. The van der Waals surface area contributed by atoms with Crippen molar-refractivity contribution in [2.24, 2.45) is 0 Å². The van der Waals surface area contributed by atoms with Gasteiger partial charge in [0.15, 0.2) is 5.69 Å². The molecule has 0 atom stereocenters. The summed E-state index contributed by atoms with van der Waals surface area (Å²) in [6.45, 7) is 0.596. The zero-order valence-corrected chi connectivity index (χ0v) is 9.78. The van der Waals surface area contributed by atoms with Crippen molar-refractivity contribution >= 4 is 5.91 Å². The maximum atomic E-state index is 12.3. The van der Waals surface area contributed by atoms with Crippen LogP contribution in [0.3, 0.4) is 0 Å². The first kappa shape index (κ1) is 10.9. The molecule has 18 heavy (non-hydrogen) atoms. The summed E-state index contributed by atoms with van der Waals surface area (Å²) in [5.41, 5.74) is 1.45. The first-order valence-electron chi connectivity index (χ1n) is 5.90. The molecule has 2 aromatic rings. The van der Waals surface area contributed by atoms with Crippen LogP contribution in [0, 0.1) is 0 Å². The highest BCUT2D eigenvalue weighted by atomic mass is 16.2. The standard InChI is InChI=1S/C12H13N5O/c18-12(11-7-14-16-15-11)17(10-1-2-10)8-9-3-5-13-6-4-9/h3-7,10H,1-2,8H2,(H,14,15,16). The van der Waals surface area contributed by atoms with Gasteiger partial charge in [0, 0.05) is 25.0 Å². The van der Waals surface area contributed by atoms with E-state index in [0.717, 1.165) is 18.4 Å². The second kappa shape index (κ2) is 4.56. The normalized spacial score (nSPS) is 14.4. The zero-order chi connectivity index (χ0) is 12.4. The van der Waals surface area contributed by atoms with Crippen LogP contribution in [0.5, 0.6) is 0 Å². The largest absolute Gasteiger partial charge is 0.330 e. The summed E-state index contributed by atoms with van der Waals surface area (Å²) in [5, 5.41) is 10.00. The van der Waals surface area contributed by atoms with Gasteiger partial charge in [0.1, 0.15) is 0 Å². The van der Waals surface area contributed by atoms with Gasteiger partial charge in [-0.2, -0.15) is 15.4 Å². The Balaban J connectivity index is 1.79. The van der Waals surface area contributed by atoms with Gasteiger partial charge in [0.2, 0.25) is 0 Å². The Labute approximate surface area is 104 Å². The fraction of sp³-hybridized carbons (Fsp3) is 0.333. The third kappa shape index (κ3) is 2.22. The van der Waals surface area contributed by atoms with Crippen LogP contribution in [0.4, 0.5) is 0 Å². The molecule has 0 unspecified atom stereocenters. The molecule has 1 aliphatic carbocycles. The minimum Gasteiger partial charge on any atom is -0.330 e. The zero-order valence-electron chi connectivity index (χ0n) is 9.78. The van der Waals surface area contributed by atoms with E-state index < -0.39 is 0 Å². The van der Waals surface area contributed by atoms with Crippen molar-refractivity contribution < 1.29 is 4.79 Å². The first-order chi connectivity index (χ1) is 8.84. The highest BCUT2D eigenvalue weighted by Crippen LogP contribution is 2.29. The third-order valence-corrected chi connectivity index (χ3v) is 2.98. The van der Waals surface area contributed by atoms with Gasteiger partial charge in [-0.15, -0.1) is 0 Å². The van der Waals surface area contributed by atoms with Gasteiger partial charge >= 0.3 is 0 Å². The van der Waals surface area contributed by atoms with E-state index in [4.69, 9.17) is 0 Å². The molecule has 1 N–H and O–H groups in total. The number of aromatic nitrogens is 4. The molecule has 2 aromatic heterocycles. The van der Waals surface area contributed by atoms with Crippen molar-refractivity contribution in [2.45, 2.75) is 25.4 Å². The van der Waals surface area contributed by atoms with Crippen LogP contribution in [-0.2, 0) is 6.54 Å². The van der Waals surface area contributed by atoms with Crippen molar-refractivity contribution in [1.29, 1.82) is 0 Å². The number of H-pyrrole nitrogens is 1. The van der Waals surface area contributed by atoms with Crippen molar-refractivity contribution in [3.05, 3.63) is 42.0 Å². The van der Waals surface area contributed by atoms with E-state index in [-0.39, 0.29) is 5.91 Å². The van der Waals surface area contributed by atoms with Gasteiger partial charge in [-0.25, -0.2) is 0 Å². The van der Waals surface area contributed by atoms with Gasteiger partial charge < -0.3 is 4.90 Å². The molecular weight excluding hydrogens is 230 g/mol. The third-order valence-electron chi connectivity index (χ3n) is 2.98. The lowest BCUT2D eigenvalue weighted by Crippen LogP contribution is -2.32. The van der Waals surface area contributed by atoms with E-state index in [9.17, 15) is 4.79 Å². The Morgan fingerprint density at radius 3 is 2.78 bits per heavy atom. The predicted octanol–water partition coefficient (Wildman–Crippen LogP) is 1.00. The van der Waals surface area contributed by atoms with Crippen LogP contribution in [0.15, 0.2) is 30.7 Å². The molecule has 6 nitrogen and oxygen atoms in total. The second-order valence-electron chi connectivity index (χ2n) is 4.37. The average molecular weight is 243 g/mol. The summed E-state index contributed by atoms with van der Waals surface area (Å²) in [5.74, 6) is -0.0666. The van der Waals surface area contributed by atoms with E-state index in [1.165, 1.54) is 6.20 Å². The SMILES string of the molecule is O=C(c1cn[nH]n1)N(Cc1ccncc1)C1CC1. The smallest absolute Gasteiger partial charge is 0.276 e. The number of aromatic amines is 1. The van der Waals surface area contributed by atoms with E-state index in [0.29, 0.717) is 18.3 Å². The Bertz CT molecular complexity index is 521. The van der Waals surface area contributed by atoms with Crippen molar-refractivity contribution in [3.8, 4) is 0 Å². The number of amides is 1. The van der Waals surface area contributed by atoms with Crippen LogP contribution in [0.2, 0.25) is 0 Å². The molecule has 0 aromatic carbocycles. The molecule has 0 saturated heterocycles. The Morgan fingerprint density at radius 2 is 2.17 bits per heavy atom. The number of pyridine rings is 1. The highest BCUT2D eigenvalue weighted by molar-refractivity contribution is 5.92. The fourth-order valence-corrected chi connectivity index (χ4v) is 1.89. The predicted molar refractivity (Wildman–Crippen MR) is 63.5 cm³/mol. The monoisotopic (exact) mass is 243 g/mol. The van der Waals surface area contributed by atoms with Crippen LogP contribution in [-0.4, -0.2) is 37.2 Å². The topological polar surface area (TPSA) is 74.8 Å². The number of nitrogens with zero attached hydrogens (tertiary/aromatic N) is 4. The molecule has 3 rings (SSSR count). The van der Waals surface area contributed by atoms with Gasteiger partial charge in [-0.05, 0) is 30.5 Å². The molecule has 2 heterocycles. The number of carbonyl (C=O) groups is 1. The molecule has 1 saturated carbocycles.